The molecule has 3 atom stereocenters. The molecule has 1 unspecified atom stereocenters. The Balaban J connectivity index is 2.71. The molecule has 2 aromatic carbocycles. The molecule has 21 heavy (non-hydrogen) atoms. The number of ether oxygens (including phenoxy) is 1. The Labute approximate surface area is 126 Å². The summed E-state index contributed by atoms with van der Waals surface area (Å²) in [4.78, 5) is 0. The minimum atomic E-state index is -2.65. The first-order valence-electron chi connectivity index (χ1n) is 6.63. The first kappa shape index (κ1) is 16.1. The lowest BCUT2D eigenvalue weighted by Gasteiger charge is -2.38. The normalized spacial score (nSPS) is 17.3. The fourth-order valence-corrected chi connectivity index (χ4v) is 3.14. The predicted octanol–water partition coefficient (Wildman–Crippen LogP) is 1.23. The van der Waals surface area contributed by atoms with E-state index >= 15 is 0 Å². The van der Waals surface area contributed by atoms with E-state index in [0.717, 1.165) is 10.8 Å². The van der Waals surface area contributed by atoms with Gasteiger partial charge in [-0.15, -0.1) is 0 Å². The number of aliphatic hydroxyl groups excluding tert-OH is 1. The maximum atomic E-state index is 11.9. The second-order valence-corrected chi connectivity index (χ2v) is 5.93. The van der Waals surface area contributed by atoms with Crippen LogP contribution in [0.2, 0.25) is 0 Å². The van der Waals surface area contributed by atoms with Crippen LogP contribution in [0.1, 0.15) is 12.5 Å². The highest BCUT2D eigenvalue weighted by Gasteiger charge is 2.41. The third-order valence-electron chi connectivity index (χ3n) is 3.54. The molecule has 0 aliphatic carbocycles. The molecule has 5 nitrogen and oxygen atoms in total. The van der Waals surface area contributed by atoms with E-state index in [1.54, 1.807) is 25.1 Å². The summed E-state index contributed by atoms with van der Waals surface area (Å²) in [5, 5.41) is 11.6. The highest BCUT2D eigenvalue weighted by atomic mass is 32.2. The van der Waals surface area contributed by atoms with Crippen molar-refractivity contribution in [1.29, 1.82) is 0 Å². The molecule has 0 aliphatic heterocycles. The van der Waals surface area contributed by atoms with E-state index in [2.05, 4.69) is 0 Å². The Morgan fingerprint density at radius 3 is 2.62 bits per heavy atom. The lowest BCUT2D eigenvalue weighted by Crippen LogP contribution is -2.52. The number of fused-ring (bicyclic) bond motifs is 1. The number of rotatable bonds is 6. The van der Waals surface area contributed by atoms with Crippen LogP contribution in [0.15, 0.2) is 42.5 Å². The number of benzene rings is 2. The van der Waals surface area contributed by atoms with Gasteiger partial charge in [0.2, 0.25) is 0 Å². The highest BCUT2D eigenvalue weighted by molar-refractivity contribution is 7.80. The van der Waals surface area contributed by atoms with Crippen LogP contribution in [0.4, 0.5) is 0 Å². The van der Waals surface area contributed by atoms with Crippen molar-refractivity contribution in [1.82, 2.24) is 0 Å². The minimum Gasteiger partial charge on any atom is -0.771 e. The summed E-state index contributed by atoms with van der Waals surface area (Å²) in [6, 6.07) is 12.6. The molecular weight excluding hydrogens is 290 g/mol. The topological polar surface area (TPSA) is 95.6 Å². The van der Waals surface area contributed by atoms with Gasteiger partial charge in [-0.05, 0) is 34.3 Å². The second-order valence-electron chi connectivity index (χ2n) is 4.73. The van der Waals surface area contributed by atoms with E-state index in [0.29, 0.717) is 12.2 Å². The average Bonchev–Trinajstić information content (AvgIpc) is 2.47. The fraction of sp³-hybridized carbons (Fsp3) is 0.333. The van der Waals surface area contributed by atoms with E-state index in [1.807, 2.05) is 24.3 Å². The monoisotopic (exact) mass is 308 g/mol. The first-order valence-corrected chi connectivity index (χ1v) is 7.70. The number of nitrogens with two attached hydrogens (primary N) is 1. The summed E-state index contributed by atoms with van der Waals surface area (Å²) in [7, 11) is 0. The van der Waals surface area contributed by atoms with Crippen LogP contribution < -0.4 is 5.73 Å². The van der Waals surface area contributed by atoms with Gasteiger partial charge in [0.25, 0.3) is 0 Å². The van der Waals surface area contributed by atoms with Crippen molar-refractivity contribution in [2.75, 3.05) is 13.2 Å². The van der Waals surface area contributed by atoms with Crippen molar-refractivity contribution >= 4 is 21.9 Å². The lowest BCUT2D eigenvalue weighted by atomic mass is 9.92. The maximum absolute atomic E-state index is 11.9. The molecule has 0 amide bonds. The molecule has 0 saturated carbocycles. The highest BCUT2D eigenvalue weighted by Crippen LogP contribution is 2.35. The third-order valence-corrected chi connectivity index (χ3v) is 4.72. The zero-order chi connectivity index (χ0) is 15.5. The third kappa shape index (κ3) is 2.86. The number of hydrogen-bond donors (Lipinski definition) is 2. The molecule has 0 aromatic heterocycles. The maximum Gasteiger partial charge on any atom is 0.125 e. The van der Waals surface area contributed by atoms with E-state index in [1.165, 1.54) is 0 Å². The molecule has 6 heteroatoms. The van der Waals surface area contributed by atoms with Gasteiger partial charge < -0.3 is 20.1 Å². The molecule has 2 aromatic rings. The van der Waals surface area contributed by atoms with Gasteiger partial charge >= 0.3 is 0 Å². The van der Waals surface area contributed by atoms with Crippen molar-refractivity contribution in [3.05, 3.63) is 48.0 Å². The Hall–Kier alpha value is -1.31. The van der Waals surface area contributed by atoms with Crippen LogP contribution in [0.5, 0.6) is 0 Å². The number of aliphatic hydroxyl groups is 1. The van der Waals surface area contributed by atoms with Crippen molar-refractivity contribution in [3.8, 4) is 0 Å². The molecule has 0 aliphatic rings. The van der Waals surface area contributed by atoms with Crippen LogP contribution in [-0.4, -0.2) is 33.3 Å². The number of hydrogen-bond acceptors (Lipinski definition) is 5. The summed E-state index contributed by atoms with van der Waals surface area (Å²) < 4.78 is 27.4. The molecule has 0 heterocycles. The van der Waals surface area contributed by atoms with E-state index in [9.17, 15) is 13.9 Å². The quantitative estimate of drug-likeness (QED) is 0.618. The summed E-state index contributed by atoms with van der Waals surface area (Å²) in [6.45, 7) is 1.88. The van der Waals surface area contributed by atoms with E-state index < -0.39 is 22.1 Å². The van der Waals surface area contributed by atoms with Gasteiger partial charge in [-0.1, -0.05) is 42.5 Å². The van der Waals surface area contributed by atoms with Gasteiger partial charge in [0.1, 0.15) is 11.0 Å². The van der Waals surface area contributed by atoms with Crippen LogP contribution >= 0.6 is 0 Å². The Kier molecular flexibility index (Phi) is 5.08. The first-order chi connectivity index (χ1) is 10.0. The smallest absolute Gasteiger partial charge is 0.125 e. The minimum absolute atomic E-state index is 0.203. The standard InChI is InChI=1S/C15H19NO4S/c1-2-20-10-15(14(16)17,21(18)19)13-9-5-7-11-6-3-4-8-12(11)13/h3-9,14,17H,2,10,16H2,1H3,(H,18,19)/p-1/t14-,15+/m1/s1. The lowest BCUT2D eigenvalue weighted by molar-refractivity contribution is 0.0484. The summed E-state index contributed by atoms with van der Waals surface area (Å²) in [6.07, 6.45) is -1.59. The Morgan fingerprint density at radius 2 is 2.00 bits per heavy atom. The largest absolute Gasteiger partial charge is 0.771 e. The predicted molar refractivity (Wildman–Crippen MR) is 81.2 cm³/mol. The molecule has 0 bridgehead atoms. The summed E-state index contributed by atoms with van der Waals surface area (Å²) in [5.74, 6) is 0. The Morgan fingerprint density at radius 1 is 1.33 bits per heavy atom. The van der Waals surface area contributed by atoms with E-state index in [-0.39, 0.29) is 6.61 Å². The zero-order valence-electron chi connectivity index (χ0n) is 11.7. The van der Waals surface area contributed by atoms with Gasteiger partial charge in [0.05, 0.1) is 6.61 Å². The molecule has 0 fully saturated rings. The van der Waals surface area contributed by atoms with Gasteiger partial charge in [-0.25, -0.2) is 0 Å². The van der Waals surface area contributed by atoms with Crippen molar-refractivity contribution < 1.29 is 18.6 Å². The van der Waals surface area contributed by atoms with Crippen LogP contribution in [0.25, 0.3) is 10.8 Å². The molecule has 0 spiro atoms. The van der Waals surface area contributed by atoms with E-state index in [4.69, 9.17) is 10.5 Å². The van der Waals surface area contributed by atoms with Crippen LogP contribution in [0.3, 0.4) is 0 Å². The van der Waals surface area contributed by atoms with Gasteiger partial charge in [0, 0.05) is 6.61 Å². The average molecular weight is 308 g/mol. The zero-order valence-corrected chi connectivity index (χ0v) is 12.5. The van der Waals surface area contributed by atoms with Gasteiger partial charge in [0.15, 0.2) is 0 Å². The molecular formula is C15H18NO4S-. The molecule has 114 valence electrons. The second kappa shape index (κ2) is 6.64. The fourth-order valence-electron chi connectivity index (χ4n) is 2.41. The van der Waals surface area contributed by atoms with Gasteiger partial charge in [-0.2, -0.15) is 0 Å². The SMILES string of the molecule is CCOC[C@](c1cccc2ccccc12)([C@H](N)O)S(=O)[O-]. The summed E-state index contributed by atoms with van der Waals surface area (Å²) >= 11 is -2.65. The van der Waals surface area contributed by atoms with Gasteiger partial charge in [-0.3, -0.25) is 4.21 Å². The molecule has 2 rings (SSSR count). The van der Waals surface area contributed by atoms with Crippen molar-refractivity contribution in [3.63, 3.8) is 0 Å². The molecule has 0 saturated heterocycles. The van der Waals surface area contributed by atoms with Crippen LogP contribution in [0, 0.1) is 0 Å². The van der Waals surface area contributed by atoms with Crippen LogP contribution in [-0.2, 0) is 20.6 Å². The van der Waals surface area contributed by atoms with Crippen molar-refractivity contribution in [2.24, 2.45) is 5.73 Å². The Bertz CT molecular complexity index is 641. The summed E-state index contributed by atoms with van der Waals surface area (Å²) in [5.41, 5.74) is 6.06. The molecule has 3 N–H and O–H groups in total. The van der Waals surface area contributed by atoms with Crippen molar-refractivity contribution in [2.45, 2.75) is 17.9 Å². The molecule has 0 radical (unpaired) electrons.